The smallest absolute Gasteiger partial charge is 0.0447 e. The Morgan fingerprint density at radius 1 is 1.37 bits per heavy atom. The lowest BCUT2D eigenvalue weighted by Gasteiger charge is -2.41. The summed E-state index contributed by atoms with van der Waals surface area (Å²) in [5.74, 6) is 0. The van der Waals surface area contributed by atoms with Gasteiger partial charge >= 0.3 is 0 Å². The molecule has 0 saturated carbocycles. The Kier molecular flexibility index (Phi) is 4.57. The molecule has 0 bridgehead atoms. The lowest BCUT2D eigenvalue weighted by molar-refractivity contribution is 0.288. The van der Waals surface area contributed by atoms with E-state index >= 15 is 0 Å². The molecule has 0 unspecified atom stereocenters. The van der Waals surface area contributed by atoms with Gasteiger partial charge in [0.25, 0.3) is 0 Å². The molecule has 19 heavy (non-hydrogen) atoms. The van der Waals surface area contributed by atoms with Gasteiger partial charge in [0.1, 0.15) is 0 Å². The Morgan fingerprint density at radius 3 is 2.74 bits per heavy atom. The summed E-state index contributed by atoms with van der Waals surface area (Å²) in [7, 11) is 0. The van der Waals surface area contributed by atoms with Gasteiger partial charge in [0, 0.05) is 29.9 Å². The number of aliphatic hydroxyl groups is 1. The third-order valence-corrected chi connectivity index (χ3v) is 4.95. The van der Waals surface area contributed by atoms with Crippen LogP contribution in [-0.4, -0.2) is 24.8 Å². The fraction of sp³-hybridized carbons (Fsp3) is 0.625. The number of hydrogen-bond acceptors (Lipinski definition) is 2. The van der Waals surface area contributed by atoms with Crippen molar-refractivity contribution in [3.8, 4) is 0 Å². The first kappa shape index (κ1) is 14.9. The SMILES string of the molecule is CCc1cc2c(cc1Br)N(CCCO)CCC2(C)C. The van der Waals surface area contributed by atoms with Gasteiger partial charge in [-0.1, -0.05) is 42.8 Å². The molecule has 0 atom stereocenters. The van der Waals surface area contributed by atoms with E-state index in [1.54, 1.807) is 0 Å². The van der Waals surface area contributed by atoms with Gasteiger partial charge in [-0.05, 0) is 41.9 Å². The molecule has 1 aromatic rings. The summed E-state index contributed by atoms with van der Waals surface area (Å²) < 4.78 is 1.21. The molecule has 106 valence electrons. The maximum atomic E-state index is 9.05. The average Bonchev–Trinajstić information content (AvgIpc) is 2.37. The first-order valence-electron chi connectivity index (χ1n) is 7.18. The van der Waals surface area contributed by atoms with Crippen molar-refractivity contribution in [1.29, 1.82) is 0 Å². The summed E-state index contributed by atoms with van der Waals surface area (Å²) in [6.07, 6.45) is 3.07. The zero-order valence-corrected chi connectivity index (χ0v) is 13.8. The molecule has 0 saturated heterocycles. The second kappa shape index (κ2) is 5.84. The van der Waals surface area contributed by atoms with Crippen molar-refractivity contribution in [2.75, 3.05) is 24.6 Å². The summed E-state index contributed by atoms with van der Waals surface area (Å²) in [5, 5.41) is 9.05. The van der Waals surface area contributed by atoms with Crippen molar-refractivity contribution in [2.45, 2.75) is 45.4 Å². The zero-order chi connectivity index (χ0) is 14.0. The maximum Gasteiger partial charge on any atom is 0.0447 e. The number of aryl methyl sites for hydroxylation is 1. The minimum atomic E-state index is 0.246. The highest BCUT2D eigenvalue weighted by Crippen LogP contribution is 2.42. The molecule has 1 heterocycles. The Bertz CT molecular complexity index is 456. The molecule has 0 aromatic heterocycles. The second-order valence-electron chi connectivity index (χ2n) is 6.01. The van der Waals surface area contributed by atoms with E-state index in [0.717, 1.165) is 25.9 Å². The van der Waals surface area contributed by atoms with Crippen LogP contribution in [0.4, 0.5) is 5.69 Å². The summed E-state index contributed by atoms with van der Waals surface area (Å²) in [4.78, 5) is 2.42. The fourth-order valence-corrected chi connectivity index (χ4v) is 3.46. The van der Waals surface area contributed by atoms with E-state index in [1.165, 1.54) is 27.7 Å². The van der Waals surface area contributed by atoms with Gasteiger partial charge in [0.15, 0.2) is 0 Å². The summed E-state index contributed by atoms with van der Waals surface area (Å²) in [6.45, 7) is 9.16. The second-order valence-corrected chi connectivity index (χ2v) is 6.87. The Hall–Kier alpha value is -0.540. The molecule has 0 amide bonds. The topological polar surface area (TPSA) is 23.5 Å². The van der Waals surface area contributed by atoms with Crippen LogP contribution in [0.5, 0.6) is 0 Å². The van der Waals surface area contributed by atoms with Crippen molar-refractivity contribution in [3.05, 3.63) is 27.7 Å². The van der Waals surface area contributed by atoms with Crippen molar-refractivity contribution < 1.29 is 5.11 Å². The molecule has 0 aliphatic carbocycles. The molecule has 1 aromatic carbocycles. The maximum absolute atomic E-state index is 9.05. The van der Waals surface area contributed by atoms with Crippen molar-refractivity contribution in [2.24, 2.45) is 0 Å². The molecular formula is C16H24BrNO. The lowest BCUT2D eigenvalue weighted by atomic mass is 9.77. The first-order chi connectivity index (χ1) is 8.99. The third-order valence-electron chi connectivity index (χ3n) is 4.21. The Labute approximate surface area is 124 Å². The van der Waals surface area contributed by atoms with Crippen LogP contribution in [0.25, 0.3) is 0 Å². The van der Waals surface area contributed by atoms with Gasteiger partial charge in [0.05, 0.1) is 0 Å². The molecule has 0 radical (unpaired) electrons. The predicted molar refractivity (Wildman–Crippen MR) is 85.1 cm³/mol. The van der Waals surface area contributed by atoms with Crippen LogP contribution >= 0.6 is 15.9 Å². The van der Waals surface area contributed by atoms with Crippen LogP contribution in [0.3, 0.4) is 0 Å². The molecule has 3 heteroatoms. The summed E-state index contributed by atoms with van der Waals surface area (Å²) >= 11 is 3.69. The number of halogens is 1. The number of rotatable bonds is 4. The minimum Gasteiger partial charge on any atom is -0.396 e. The molecule has 0 fully saturated rings. The van der Waals surface area contributed by atoms with Crippen molar-refractivity contribution in [1.82, 2.24) is 0 Å². The highest BCUT2D eigenvalue weighted by atomic mass is 79.9. The largest absolute Gasteiger partial charge is 0.396 e. The van der Waals surface area contributed by atoms with Gasteiger partial charge in [-0.2, -0.15) is 0 Å². The zero-order valence-electron chi connectivity index (χ0n) is 12.2. The molecule has 1 aliphatic heterocycles. The summed E-state index contributed by atoms with van der Waals surface area (Å²) in [5.41, 5.74) is 4.43. The van der Waals surface area contributed by atoms with E-state index in [0.29, 0.717) is 0 Å². The van der Waals surface area contributed by atoms with Crippen molar-refractivity contribution in [3.63, 3.8) is 0 Å². The molecule has 0 spiro atoms. The monoisotopic (exact) mass is 325 g/mol. The number of nitrogens with zero attached hydrogens (tertiary/aromatic N) is 1. The van der Waals surface area contributed by atoms with Crippen LogP contribution < -0.4 is 4.90 Å². The van der Waals surface area contributed by atoms with E-state index in [9.17, 15) is 0 Å². The van der Waals surface area contributed by atoms with Crippen LogP contribution in [0.1, 0.15) is 44.7 Å². The fourth-order valence-electron chi connectivity index (χ4n) is 2.85. The van der Waals surface area contributed by atoms with Crippen molar-refractivity contribution >= 4 is 21.6 Å². The van der Waals surface area contributed by atoms with E-state index in [-0.39, 0.29) is 12.0 Å². The van der Waals surface area contributed by atoms with E-state index in [1.807, 2.05) is 0 Å². The van der Waals surface area contributed by atoms with E-state index < -0.39 is 0 Å². The first-order valence-corrected chi connectivity index (χ1v) is 7.97. The molecule has 2 nitrogen and oxygen atoms in total. The number of benzene rings is 1. The van der Waals surface area contributed by atoms with Crippen LogP contribution in [0.15, 0.2) is 16.6 Å². The van der Waals surface area contributed by atoms with Crippen LogP contribution in [0, 0.1) is 0 Å². The molecule has 2 rings (SSSR count). The van der Waals surface area contributed by atoms with Crippen LogP contribution in [0.2, 0.25) is 0 Å². The molecule has 1 aliphatic rings. The average molecular weight is 326 g/mol. The summed E-state index contributed by atoms with van der Waals surface area (Å²) in [6, 6.07) is 4.64. The number of fused-ring (bicyclic) bond motifs is 1. The highest BCUT2D eigenvalue weighted by Gasteiger charge is 2.31. The normalized spacial score (nSPS) is 17.4. The molecule has 1 N–H and O–H groups in total. The molecular weight excluding hydrogens is 302 g/mol. The third kappa shape index (κ3) is 2.97. The lowest BCUT2D eigenvalue weighted by Crippen LogP contribution is -2.38. The minimum absolute atomic E-state index is 0.246. The quantitative estimate of drug-likeness (QED) is 0.908. The van der Waals surface area contributed by atoms with Gasteiger partial charge < -0.3 is 10.0 Å². The van der Waals surface area contributed by atoms with Crippen LogP contribution in [-0.2, 0) is 11.8 Å². The number of hydrogen-bond donors (Lipinski definition) is 1. The highest BCUT2D eigenvalue weighted by molar-refractivity contribution is 9.10. The Balaban J connectivity index is 2.43. The predicted octanol–water partition coefficient (Wildman–Crippen LogP) is 3.88. The van der Waals surface area contributed by atoms with Gasteiger partial charge in [-0.3, -0.25) is 0 Å². The van der Waals surface area contributed by atoms with E-state index in [2.05, 4.69) is 53.7 Å². The van der Waals surface area contributed by atoms with Gasteiger partial charge in [-0.15, -0.1) is 0 Å². The van der Waals surface area contributed by atoms with E-state index in [4.69, 9.17) is 5.11 Å². The number of aliphatic hydroxyl groups excluding tert-OH is 1. The Morgan fingerprint density at radius 2 is 2.11 bits per heavy atom. The van der Waals surface area contributed by atoms with Gasteiger partial charge in [0.2, 0.25) is 0 Å². The van der Waals surface area contributed by atoms with Gasteiger partial charge in [-0.25, -0.2) is 0 Å². The standard InChI is InChI=1S/C16H24BrNO/c1-4-12-10-13-15(11-14(12)17)18(7-5-9-19)8-6-16(13,2)3/h10-11,19H,4-9H2,1-3H3. The number of anilines is 1.